The molecule has 0 aliphatic carbocycles. The molecular formula is C10H14N2O5. The van der Waals surface area contributed by atoms with Crippen molar-refractivity contribution < 1.29 is 17.7 Å². The number of nitrogens with one attached hydrogen (secondary N) is 1. The van der Waals surface area contributed by atoms with Crippen LogP contribution in [-0.4, -0.2) is 38.5 Å². The molecule has 0 unspecified atom stereocenters. The van der Waals surface area contributed by atoms with Crippen LogP contribution in [0.25, 0.3) is 0 Å². The monoisotopic (exact) mass is 244 g/mol. The summed E-state index contributed by atoms with van der Waals surface area (Å²) in [6.07, 6.45) is -2.42. The van der Waals surface area contributed by atoms with Gasteiger partial charge in [-0.05, 0) is 6.92 Å². The van der Waals surface area contributed by atoms with Crippen LogP contribution >= 0.6 is 0 Å². The molecule has 1 aliphatic rings. The van der Waals surface area contributed by atoms with E-state index in [1.54, 1.807) is 0 Å². The third kappa shape index (κ3) is 2.17. The highest BCUT2D eigenvalue weighted by Gasteiger charge is 2.34. The lowest BCUT2D eigenvalue weighted by atomic mass is 10.2. The van der Waals surface area contributed by atoms with Crippen molar-refractivity contribution in [3.63, 3.8) is 0 Å². The van der Waals surface area contributed by atoms with Gasteiger partial charge in [0.25, 0.3) is 5.56 Å². The van der Waals surface area contributed by atoms with Gasteiger partial charge in [-0.2, -0.15) is 0 Å². The van der Waals surface area contributed by atoms with Crippen molar-refractivity contribution in [2.24, 2.45) is 0 Å². The molecule has 1 fully saturated rings. The first kappa shape index (κ1) is 9.58. The quantitative estimate of drug-likeness (QED) is 0.586. The molecule has 1 aliphatic heterocycles. The fraction of sp³-hybridized carbons (Fsp3) is 0.600. The Hall–Kier alpha value is -1.44. The summed E-state index contributed by atoms with van der Waals surface area (Å²) < 4.78 is 20.5. The van der Waals surface area contributed by atoms with Gasteiger partial charge in [-0.25, -0.2) is 4.79 Å². The number of hydrogen-bond acceptors (Lipinski definition) is 5. The van der Waals surface area contributed by atoms with Crippen LogP contribution in [-0.2, 0) is 4.74 Å². The number of aromatic nitrogens is 2. The number of H-pyrrole nitrogens is 1. The minimum absolute atomic E-state index is 0.0594. The first-order valence-corrected chi connectivity index (χ1v) is 5.08. The molecule has 0 aromatic carbocycles. The van der Waals surface area contributed by atoms with Gasteiger partial charge in [0.15, 0.2) is 0 Å². The van der Waals surface area contributed by atoms with Gasteiger partial charge < -0.3 is 14.9 Å². The van der Waals surface area contributed by atoms with Crippen LogP contribution < -0.4 is 11.2 Å². The molecule has 0 saturated carbocycles. The Balaban J connectivity index is 2.33. The lowest BCUT2D eigenvalue weighted by Crippen LogP contribution is -2.33. The number of ether oxygens (including phenoxy) is 1. The van der Waals surface area contributed by atoms with Gasteiger partial charge in [0, 0.05) is 18.2 Å². The number of aromatic amines is 1. The van der Waals surface area contributed by atoms with E-state index < -0.39 is 36.2 Å². The van der Waals surface area contributed by atoms with Crippen molar-refractivity contribution in [2.45, 2.75) is 31.8 Å². The summed E-state index contributed by atoms with van der Waals surface area (Å²) in [5, 5.41) is 18.9. The van der Waals surface area contributed by atoms with Gasteiger partial charge in [-0.1, -0.05) is 0 Å². The molecule has 1 aromatic rings. The zero-order valence-corrected chi connectivity index (χ0v) is 9.08. The van der Waals surface area contributed by atoms with E-state index in [2.05, 4.69) is 4.98 Å². The average molecular weight is 244 g/mol. The van der Waals surface area contributed by atoms with E-state index in [1.807, 2.05) is 0 Å². The third-order valence-electron chi connectivity index (χ3n) is 2.68. The second kappa shape index (κ2) is 4.44. The zero-order chi connectivity index (χ0) is 14.4. The highest BCUT2D eigenvalue weighted by molar-refractivity contribution is 5.02. The summed E-state index contributed by atoms with van der Waals surface area (Å²) in [5.41, 5.74) is -0.950. The van der Waals surface area contributed by atoms with Crippen molar-refractivity contribution in [3.8, 4) is 0 Å². The summed E-state index contributed by atoms with van der Waals surface area (Å²) in [6.45, 7) is -1.21. The summed E-state index contributed by atoms with van der Waals surface area (Å²) in [5.74, 6) is 0. The topological polar surface area (TPSA) is 105 Å². The Kier molecular flexibility index (Phi) is 2.50. The highest BCUT2D eigenvalue weighted by atomic mass is 16.5. The largest absolute Gasteiger partial charge is 0.394 e. The van der Waals surface area contributed by atoms with Crippen LogP contribution in [0, 0.1) is 6.92 Å². The Labute approximate surface area is 99.1 Å². The Morgan fingerprint density at radius 2 is 2.41 bits per heavy atom. The van der Waals surface area contributed by atoms with Gasteiger partial charge in [-0.3, -0.25) is 14.3 Å². The Morgan fingerprint density at radius 3 is 3.00 bits per heavy atom. The number of hydrogen-bond donors (Lipinski definition) is 3. The number of nitrogens with zero attached hydrogens (tertiary/aromatic N) is 1. The molecular weight excluding hydrogens is 228 g/mol. The van der Waals surface area contributed by atoms with Crippen molar-refractivity contribution in [3.05, 3.63) is 32.6 Å². The Morgan fingerprint density at radius 1 is 1.71 bits per heavy atom. The van der Waals surface area contributed by atoms with Crippen molar-refractivity contribution in [1.29, 1.82) is 0 Å². The summed E-state index contributed by atoms with van der Waals surface area (Å²) in [6, 6.07) is 0. The normalized spacial score (nSPS) is 31.1. The van der Waals surface area contributed by atoms with Gasteiger partial charge >= 0.3 is 5.69 Å². The molecule has 0 bridgehead atoms. The fourth-order valence-electron chi connectivity index (χ4n) is 1.74. The van der Waals surface area contributed by atoms with E-state index in [-0.39, 0.29) is 12.0 Å². The maximum atomic E-state index is 11.6. The van der Waals surface area contributed by atoms with Gasteiger partial charge in [0.2, 0.25) is 0 Å². The maximum absolute atomic E-state index is 11.6. The van der Waals surface area contributed by atoms with Crippen LogP contribution in [0.15, 0.2) is 15.8 Å². The zero-order valence-electron chi connectivity index (χ0n) is 11.1. The first-order valence-electron chi connectivity index (χ1n) is 6.08. The van der Waals surface area contributed by atoms with Crippen LogP contribution in [0.2, 0.25) is 0 Å². The van der Waals surface area contributed by atoms with Crippen molar-refractivity contribution in [2.75, 3.05) is 6.56 Å². The minimum atomic E-state index is -2.71. The SMILES string of the molecule is [2H]C([2H])(O)[C@H]1O[C@@H](n2cc(C)c(=O)[nH]c2=O)C[C@@H]1O. The molecule has 0 radical (unpaired) electrons. The second-order valence-electron chi connectivity index (χ2n) is 3.92. The van der Waals surface area contributed by atoms with Crippen LogP contribution in [0.4, 0.5) is 0 Å². The van der Waals surface area contributed by atoms with Crippen LogP contribution in [0.5, 0.6) is 0 Å². The molecule has 94 valence electrons. The molecule has 3 N–H and O–H groups in total. The fourth-order valence-corrected chi connectivity index (χ4v) is 1.74. The molecule has 0 spiro atoms. The van der Waals surface area contributed by atoms with E-state index in [4.69, 9.17) is 7.48 Å². The number of aliphatic hydroxyl groups is 2. The average Bonchev–Trinajstić information content (AvgIpc) is 2.65. The molecule has 1 saturated heterocycles. The smallest absolute Gasteiger partial charge is 0.330 e. The molecule has 2 heterocycles. The van der Waals surface area contributed by atoms with Crippen LogP contribution in [0.1, 0.15) is 21.0 Å². The molecule has 0 amide bonds. The second-order valence-corrected chi connectivity index (χ2v) is 3.92. The number of rotatable bonds is 2. The van der Waals surface area contributed by atoms with E-state index in [0.717, 1.165) is 4.57 Å². The summed E-state index contributed by atoms with van der Waals surface area (Å²) >= 11 is 0. The maximum Gasteiger partial charge on any atom is 0.330 e. The van der Waals surface area contributed by atoms with Crippen molar-refractivity contribution in [1.82, 2.24) is 9.55 Å². The van der Waals surface area contributed by atoms with Gasteiger partial charge in [0.05, 0.1) is 15.4 Å². The molecule has 3 atom stereocenters. The number of aliphatic hydroxyl groups excluding tert-OH is 1. The lowest BCUT2D eigenvalue weighted by Gasteiger charge is -2.14. The highest BCUT2D eigenvalue weighted by Crippen LogP contribution is 2.27. The van der Waals surface area contributed by atoms with Crippen LogP contribution in [0.3, 0.4) is 0 Å². The Bertz CT molecular complexity index is 591. The van der Waals surface area contributed by atoms with E-state index >= 15 is 0 Å². The first-order chi connectivity index (χ1) is 8.70. The predicted octanol–water partition coefficient (Wildman–Crippen LogP) is -1.51. The minimum Gasteiger partial charge on any atom is -0.394 e. The van der Waals surface area contributed by atoms with Crippen molar-refractivity contribution >= 4 is 0 Å². The summed E-state index contributed by atoms with van der Waals surface area (Å²) in [7, 11) is 0. The molecule has 7 heteroatoms. The van der Waals surface area contributed by atoms with E-state index in [9.17, 15) is 19.8 Å². The predicted molar refractivity (Wildman–Crippen MR) is 57.7 cm³/mol. The van der Waals surface area contributed by atoms with E-state index in [1.165, 1.54) is 13.1 Å². The lowest BCUT2D eigenvalue weighted by molar-refractivity contribution is -0.0459. The summed E-state index contributed by atoms with van der Waals surface area (Å²) in [4.78, 5) is 25.0. The van der Waals surface area contributed by atoms with E-state index in [0.29, 0.717) is 0 Å². The molecule has 7 nitrogen and oxygen atoms in total. The molecule has 1 aromatic heterocycles. The number of aryl methyl sites for hydroxylation is 1. The standard InChI is InChI=1S/C10H14N2O5/c1-5-3-12(10(16)11-9(5)15)8-2-6(14)7(4-13)17-8/h3,6-8,13-14H,2,4H2,1H3,(H,11,15,16)/t6-,7+,8+/m0/s1/i4D2. The molecule has 2 rings (SSSR count). The van der Waals surface area contributed by atoms with Gasteiger partial charge in [0.1, 0.15) is 12.3 Å². The van der Waals surface area contributed by atoms with Gasteiger partial charge in [-0.15, -0.1) is 0 Å². The third-order valence-corrected chi connectivity index (χ3v) is 2.68. The molecule has 17 heavy (non-hydrogen) atoms.